The van der Waals surface area contributed by atoms with Crippen LogP contribution in [0.2, 0.25) is 0 Å². The van der Waals surface area contributed by atoms with Gasteiger partial charge < -0.3 is 24.8 Å². The van der Waals surface area contributed by atoms with Crippen molar-refractivity contribution in [1.82, 2.24) is 14.2 Å². The second kappa shape index (κ2) is 39.0. The molecule has 0 amide bonds. The Labute approximate surface area is 443 Å². The SMILES string of the molecule is CC(C)C(C)C(C)C.CC(C)C1(O)CCOC1.CC(C)CC(C)(C)O.CC(C)NS(=O)(=O)C(C)C.CC(C)OCCO.CC(C)S(=O)(=O)NC(C)(C)C.CC(C)S(=O)(=O)NC1CC1.CCC(C)(C)C(C)C. The Balaban J connectivity index is -0.000000171. The first-order chi connectivity index (χ1) is 31.4. The molecule has 438 valence electrons. The first-order valence-corrected chi connectivity index (χ1v) is 31.4. The van der Waals surface area contributed by atoms with E-state index in [4.69, 9.17) is 14.6 Å². The van der Waals surface area contributed by atoms with Crippen molar-refractivity contribution in [3.8, 4) is 0 Å². The molecule has 6 N–H and O–H groups in total. The Morgan fingerprint density at radius 3 is 1.18 bits per heavy atom. The van der Waals surface area contributed by atoms with Gasteiger partial charge in [-0.25, -0.2) is 39.4 Å². The molecule has 0 spiro atoms. The lowest BCUT2D eigenvalue weighted by molar-refractivity contribution is -0.0125. The van der Waals surface area contributed by atoms with Crippen LogP contribution >= 0.6 is 0 Å². The van der Waals surface area contributed by atoms with E-state index in [1.165, 1.54) is 6.42 Å². The summed E-state index contributed by atoms with van der Waals surface area (Å²) in [6, 6.07) is 0.236. The van der Waals surface area contributed by atoms with Crippen molar-refractivity contribution in [3.63, 3.8) is 0 Å². The zero-order valence-electron chi connectivity index (χ0n) is 51.6. The van der Waals surface area contributed by atoms with Crippen LogP contribution in [0.5, 0.6) is 0 Å². The van der Waals surface area contributed by atoms with Gasteiger partial charge in [-0.1, -0.05) is 103 Å². The topological polar surface area (TPSA) is 218 Å². The standard InChI is InChI=1S/2C8H18.C7H17NO2S.C7H14O2.C7H16O.C6H13NO2S.C6H15NO2S.C5H12O2/c1-6-8(4,5)7(2)3;1-6(2)8(5)7(3)4;1-6(2)11(9,10)8-7(3,4)5;1-6(2)7(8)3-4-9-5-7;1-6(2)5-7(3,4)8;1-5(2)10(8,9)7-6-3-4-6;1-5(2)7-10(8,9)6(3)4;1-5(2)7-4-3-6/h7H,6H2,1-5H3;6-8H,1-5H3;6,8H,1-5H3;6,8H,3-5H2,1-2H3;6,8H,5H2,1-4H3;5-7H,3-4H2,1-2H3;5-7H,1-4H3;5-6H,3-4H2,1-2H3. The molecular weight excluding hydrogens is 963 g/mol. The summed E-state index contributed by atoms with van der Waals surface area (Å²) in [4.78, 5) is 0. The minimum absolute atomic E-state index is 0.00704. The minimum Gasteiger partial charge on any atom is -0.394 e. The van der Waals surface area contributed by atoms with Crippen molar-refractivity contribution in [2.24, 2.45) is 40.9 Å². The number of hydrogen-bond donors (Lipinski definition) is 6. The van der Waals surface area contributed by atoms with Crippen molar-refractivity contribution in [2.45, 2.75) is 284 Å². The first-order valence-electron chi connectivity index (χ1n) is 26.7. The van der Waals surface area contributed by atoms with E-state index < -0.39 is 41.3 Å². The maximum atomic E-state index is 11.2. The van der Waals surface area contributed by atoms with Crippen LogP contribution in [-0.4, -0.2) is 118 Å². The first kappa shape index (κ1) is 81.9. The third kappa shape index (κ3) is 52.8. The fraction of sp³-hybridized carbons (Fsp3) is 1.00. The lowest BCUT2D eigenvalue weighted by Crippen LogP contribution is -2.43. The molecule has 1 unspecified atom stereocenters. The van der Waals surface area contributed by atoms with Crippen LogP contribution in [0.1, 0.15) is 233 Å². The van der Waals surface area contributed by atoms with Gasteiger partial charge in [-0.05, 0) is 164 Å². The fourth-order valence-corrected chi connectivity index (χ4v) is 8.06. The van der Waals surface area contributed by atoms with E-state index in [2.05, 4.69) is 97.3 Å². The Bertz CT molecular complexity index is 1540. The monoisotopic (exact) mass is 1090 g/mol. The summed E-state index contributed by atoms with van der Waals surface area (Å²) in [5.41, 5.74) is -0.836. The number of sulfonamides is 3. The summed E-state index contributed by atoms with van der Waals surface area (Å²) in [6.07, 6.45) is 5.22. The molecule has 2 rings (SSSR count). The molecule has 0 aromatic carbocycles. The fourth-order valence-electron chi connectivity index (χ4n) is 5.07. The van der Waals surface area contributed by atoms with Crippen LogP contribution in [-0.2, 0) is 39.5 Å². The van der Waals surface area contributed by atoms with Crippen molar-refractivity contribution in [3.05, 3.63) is 0 Å². The van der Waals surface area contributed by atoms with Crippen molar-refractivity contribution >= 4 is 30.1 Å². The van der Waals surface area contributed by atoms with Gasteiger partial charge >= 0.3 is 0 Å². The van der Waals surface area contributed by atoms with E-state index in [9.17, 15) is 35.5 Å². The highest BCUT2D eigenvalue weighted by Gasteiger charge is 2.35. The maximum Gasteiger partial charge on any atom is 0.214 e. The molecule has 14 nitrogen and oxygen atoms in total. The van der Waals surface area contributed by atoms with E-state index in [0.717, 1.165) is 49.4 Å². The van der Waals surface area contributed by atoms with Crippen LogP contribution < -0.4 is 14.2 Å². The predicted octanol–water partition coefficient (Wildman–Crippen LogP) is 11.3. The van der Waals surface area contributed by atoms with Gasteiger partial charge in [0.15, 0.2) is 0 Å². The lowest BCUT2D eigenvalue weighted by Gasteiger charge is -2.27. The van der Waals surface area contributed by atoms with Gasteiger partial charge in [0, 0.05) is 30.7 Å². The van der Waals surface area contributed by atoms with Crippen LogP contribution in [0.3, 0.4) is 0 Å². The average molecular weight is 1090 g/mol. The number of rotatable bonds is 18. The zero-order valence-corrected chi connectivity index (χ0v) is 54.1. The lowest BCUT2D eigenvalue weighted by atomic mass is 9.79. The Kier molecular flexibility index (Phi) is 45.0. The van der Waals surface area contributed by atoms with Gasteiger partial charge in [-0.3, -0.25) is 0 Å². The van der Waals surface area contributed by atoms with Crippen molar-refractivity contribution < 1.29 is 50.0 Å². The van der Waals surface area contributed by atoms with Gasteiger partial charge in [-0.2, -0.15) is 0 Å². The van der Waals surface area contributed by atoms with Crippen LogP contribution in [0.25, 0.3) is 0 Å². The summed E-state index contributed by atoms with van der Waals surface area (Å²) in [5, 5.41) is 26.0. The number of ether oxygens (including phenoxy) is 2. The van der Waals surface area contributed by atoms with E-state index in [1.54, 1.807) is 55.4 Å². The molecule has 0 aromatic heterocycles. The highest BCUT2D eigenvalue weighted by atomic mass is 32.2. The third-order valence-electron chi connectivity index (χ3n) is 11.8. The molecular formula is C54H123N3O11S3. The van der Waals surface area contributed by atoms with E-state index in [0.29, 0.717) is 37.1 Å². The van der Waals surface area contributed by atoms with Crippen LogP contribution in [0.4, 0.5) is 0 Å². The smallest absolute Gasteiger partial charge is 0.214 e. The number of aliphatic hydroxyl groups is 3. The van der Waals surface area contributed by atoms with Crippen molar-refractivity contribution in [1.29, 1.82) is 0 Å². The molecule has 1 saturated carbocycles. The van der Waals surface area contributed by atoms with Gasteiger partial charge in [0.2, 0.25) is 30.1 Å². The Hall–Kier alpha value is -0.470. The van der Waals surface area contributed by atoms with Gasteiger partial charge in [0.05, 0.1) is 52.9 Å². The molecule has 2 aliphatic rings. The quantitative estimate of drug-likeness (QED) is 0.0759. The normalized spacial score (nSPS) is 16.6. The number of hydrogen-bond acceptors (Lipinski definition) is 11. The highest BCUT2D eigenvalue weighted by Crippen LogP contribution is 2.29. The second-order valence-corrected chi connectivity index (χ2v) is 31.5. The molecule has 2 fully saturated rings. The van der Waals surface area contributed by atoms with Gasteiger partial charge in [0.1, 0.15) is 0 Å². The predicted molar refractivity (Wildman–Crippen MR) is 306 cm³/mol. The summed E-state index contributed by atoms with van der Waals surface area (Å²) >= 11 is 0. The Morgan fingerprint density at radius 2 is 1.07 bits per heavy atom. The molecule has 1 aliphatic carbocycles. The molecule has 0 bridgehead atoms. The highest BCUT2D eigenvalue weighted by molar-refractivity contribution is 7.90. The maximum absolute atomic E-state index is 11.2. The van der Waals surface area contributed by atoms with Crippen LogP contribution in [0, 0.1) is 40.9 Å². The van der Waals surface area contributed by atoms with Gasteiger partial charge in [-0.15, -0.1) is 0 Å². The number of nitrogens with one attached hydrogen (secondary N) is 3. The Morgan fingerprint density at radius 1 is 0.662 bits per heavy atom. The molecule has 0 aromatic rings. The third-order valence-corrected chi connectivity index (χ3v) is 17.8. The molecule has 1 atom stereocenters. The molecule has 1 saturated heterocycles. The summed E-state index contributed by atoms with van der Waals surface area (Å²) in [5.74, 6) is 4.28. The largest absolute Gasteiger partial charge is 0.394 e. The van der Waals surface area contributed by atoms with E-state index in [-0.39, 0.29) is 46.1 Å². The molecule has 1 aliphatic heterocycles. The minimum atomic E-state index is -3.11. The molecule has 0 radical (unpaired) electrons. The summed E-state index contributed by atoms with van der Waals surface area (Å²) in [7, 11) is -9.14. The number of aliphatic hydroxyl groups excluding tert-OH is 1. The summed E-state index contributed by atoms with van der Waals surface area (Å²) in [6.45, 7) is 59.6. The average Bonchev–Trinajstić information content (AvgIpc) is 3.85. The van der Waals surface area contributed by atoms with Crippen LogP contribution in [0.15, 0.2) is 0 Å². The second-order valence-electron chi connectivity index (χ2n) is 24.8. The molecule has 17 heteroatoms. The van der Waals surface area contributed by atoms with E-state index >= 15 is 0 Å². The van der Waals surface area contributed by atoms with Gasteiger partial charge in [0.25, 0.3) is 0 Å². The zero-order chi connectivity index (χ0) is 58.3. The van der Waals surface area contributed by atoms with E-state index in [1.807, 2.05) is 62.3 Å². The van der Waals surface area contributed by atoms with Crippen molar-refractivity contribution in [2.75, 3.05) is 26.4 Å². The molecule has 71 heavy (non-hydrogen) atoms. The molecule has 1 heterocycles. The summed E-state index contributed by atoms with van der Waals surface area (Å²) < 4.78 is 84.3.